The van der Waals surface area contributed by atoms with Crippen LogP contribution in [0.25, 0.3) is 0 Å². The smallest absolute Gasteiger partial charge is 0.206 e. The fourth-order valence-electron chi connectivity index (χ4n) is 1.81. The van der Waals surface area contributed by atoms with Crippen LogP contribution in [-0.2, 0) is 0 Å². The van der Waals surface area contributed by atoms with Gasteiger partial charge in [0.1, 0.15) is 11.6 Å². The van der Waals surface area contributed by atoms with Crippen molar-refractivity contribution in [1.82, 2.24) is 0 Å². The lowest BCUT2D eigenvalue weighted by Gasteiger charge is -2.10. The lowest BCUT2D eigenvalue weighted by Crippen LogP contribution is -2.08. The second-order valence-electron chi connectivity index (χ2n) is 4.21. The molecule has 2 aromatic rings. The number of hydrogen-bond donors (Lipinski definition) is 1. The van der Waals surface area contributed by atoms with E-state index in [1.165, 1.54) is 11.8 Å². The van der Waals surface area contributed by atoms with Crippen molar-refractivity contribution in [2.24, 2.45) is 0 Å². The highest BCUT2D eigenvalue weighted by molar-refractivity contribution is 8.02. The van der Waals surface area contributed by atoms with E-state index in [-0.39, 0.29) is 11.4 Å². The second-order valence-corrected chi connectivity index (χ2v) is 5.02. The van der Waals surface area contributed by atoms with Crippen LogP contribution >= 0.6 is 11.8 Å². The fraction of sp³-hybridized carbons (Fsp3) is 0.0588. The van der Waals surface area contributed by atoms with Gasteiger partial charge in [-0.25, -0.2) is 0 Å². The molecule has 0 radical (unpaired) electrons. The van der Waals surface area contributed by atoms with Gasteiger partial charge in [-0.2, -0.15) is 5.26 Å². The Morgan fingerprint density at radius 3 is 2.14 bits per heavy atom. The van der Waals surface area contributed by atoms with Crippen LogP contribution in [0, 0.1) is 11.3 Å². The van der Waals surface area contributed by atoms with E-state index in [1.54, 1.807) is 24.3 Å². The first kappa shape index (κ1) is 14.9. The lowest BCUT2D eigenvalue weighted by molar-refractivity contribution is 0.103. The van der Waals surface area contributed by atoms with Crippen LogP contribution in [0.1, 0.15) is 10.4 Å². The van der Waals surface area contributed by atoms with Gasteiger partial charge < -0.3 is 5.32 Å². The molecule has 1 N–H and O–H groups in total. The van der Waals surface area contributed by atoms with Gasteiger partial charge in [0.2, 0.25) is 5.78 Å². The number of para-hydroxylation sites is 1. The van der Waals surface area contributed by atoms with Crippen molar-refractivity contribution in [3.8, 4) is 6.07 Å². The van der Waals surface area contributed by atoms with Gasteiger partial charge in [-0.05, 0) is 18.4 Å². The Morgan fingerprint density at radius 2 is 1.62 bits per heavy atom. The minimum atomic E-state index is -0.272. The Labute approximate surface area is 128 Å². The minimum Gasteiger partial charge on any atom is -0.349 e. The molecule has 0 saturated carbocycles. The van der Waals surface area contributed by atoms with Gasteiger partial charge in [0.15, 0.2) is 0 Å². The summed E-state index contributed by atoms with van der Waals surface area (Å²) in [5.41, 5.74) is 1.48. The van der Waals surface area contributed by atoms with Crippen molar-refractivity contribution in [2.45, 2.75) is 0 Å². The SMILES string of the molecule is CSC(Nc1ccccc1)=C(C#N)C(=O)c1ccccc1. The van der Waals surface area contributed by atoms with Crippen LogP contribution in [0.2, 0.25) is 0 Å². The maximum Gasteiger partial charge on any atom is 0.206 e. The topological polar surface area (TPSA) is 52.9 Å². The van der Waals surface area contributed by atoms with Crippen molar-refractivity contribution in [3.63, 3.8) is 0 Å². The number of rotatable bonds is 5. The molecule has 0 unspecified atom stereocenters. The van der Waals surface area contributed by atoms with Crippen LogP contribution in [0.3, 0.4) is 0 Å². The molecule has 0 spiro atoms. The first-order valence-electron chi connectivity index (χ1n) is 6.36. The molecule has 0 saturated heterocycles. The number of anilines is 1. The van der Waals surface area contributed by atoms with Crippen LogP contribution in [0.5, 0.6) is 0 Å². The number of allylic oxidation sites excluding steroid dienone is 1. The largest absolute Gasteiger partial charge is 0.349 e. The number of hydrogen-bond acceptors (Lipinski definition) is 4. The molecule has 0 amide bonds. The molecule has 0 aromatic heterocycles. The van der Waals surface area contributed by atoms with Gasteiger partial charge in [0.25, 0.3) is 0 Å². The quantitative estimate of drug-likeness (QED) is 0.513. The van der Waals surface area contributed by atoms with Gasteiger partial charge in [-0.1, -0.05) is 48.5 Å². The molecular formula is C17H14N2OS. The normalized spacial score (nSPS) is 11.2. The zero-order valence-corrected chi connectivity index (χ0v) is 12.4. The zero-order chi connectivity index (χ0) is 15.1. The van der Waals surface area contributed by atoms with Crippen LogP contribution in [0.4, 0.5) is 5.69 Å². The van der Waals surface area contributed by atoms with Crippen LogP contribution < -0.4 is 5.32 Å². The summed E-state index contributed by atoms with van der Waals surface area (Å²) >= 11 is 1.35. The highest BCUT2D eigenvalue weighted by Gasteiger charge is 2.17. The minimum absolute atomic E-state index is 0.123. The van der Waals surface area contributed by atoms with E-state index < -0.39 is 0 Å². The number of nitriles is 1. The number of thioether (sulfide) groups is 1. The zero-order valence-electron chi connectivity index (χ0n) is 11.5. The van der Waals surface area contributed by atoms with E-state index in [2.05, 4.69) is 5.32 Å². The maximum absolute atomic E-state index is 12.4. The summed E-state index contributed by atoms with van der Waals surface area (Å²) in [7, 11) is 0. The molecule has 2 rings (SSSR count). The average molecular weight is 294 g/mol. The summed E-state index contributed by atoms with van der Waals surface area (Å²) in [6.07, 6.45) is 1.83. The molecule has 3 nitrogen and oxygen atoms in total. The first-order chi connectivity index (χ1) is 10.3. The average Bonchev–Trinajstić information content (AvgIpc) is 2.56. The van der Waals surface area contributed by atoms with Crippen molar-refractivity contribution in [3.05, 3.63) is 76.8 Å². The fourth-order valence-corrected chi connectivity index (χ4v) is 2.37. The summed E-state index contributed by atoms with van der Waals surface area (Å²) in [6.45, 7) is 0. The van der Waals surface area contributed by atoms with E-state index >= 15 is 0 Å². The van der Waals surface area contributed by atoms with Crippen molar-refractivity contribution in [2.75, 3.05) is 11.6 Å². The molecule has 0 aliphatic rings. The number of Topliss-reactive ketones (excluding diaryl/α,β-unsaturated/α-hetero) is 1. The van der Waals surface area contributed by atoms with Crippen molar-refractivity contribution in [1.29, 1.82) is 5.26 Å². The van der Waals surface area contributed by atoms with Gasteiger partial charge >= 0.3 is 0 Å². The third kappa shape index (κ3) is 3.74. The summed E-state index contributed by atoms with van der Waals surface area (Å²) < 4.78 is 0. The van der Waals surface area contributed by atoms with Gasteiger partial charge in [0, 0.05) is 11.3 Å². The number of nitrogens with zero attached hydrogens (tertiary/aromatic N) is 1. The number of benzene rings is 2. The Balaban J connectivity index is 2.36. The molecule has 0 heterocycles. The standard InChI is InChI=1S/C17H14N2OS/c1-21-17(19-14-10-6-3-7-11-14)15(12-18)16(20)13-8-4-2-5-9-13/h2-11,19H,1H3. The third-order valence-corrected chi connectivity index (χ3v) is 3.55. The number of nitrogens with one attached hydrogen (secondary N) is 1. The molecule has 4 heteroatoms. The highest BCUT2D eigenvalue weighted by Crippen LogP contribution is 2.22. The van der Waals surface area contributed by atoms with Gasteiger partial charge in [-0.15, -0.1) is 11.8 Å². The van der Waals surface area contributed by atoms with Crippen molar-refractivity contribution >= 4 is 23.2 Å². The number of carbonyl (C=O) groups is 1. The predicted molar refractivity (Wildman–Crippen MR) is 87.0 cm³/mol. The highest BCUT2D eigenvalue weighted by atomic mass is 32.2. The molecule has 0 fully saturated rings. The summed E-state index contributed by atoms with van der Waals surface area (Å²) in [6, 6.07) is 20.3. The summed E-state index contributed by atoms with van der Waals surface area (Å²) in [5.74, 6) is -0.272. The summed E-state index contributed by atoms with van der Waals surface area (Å²) in [5, 5.41) is 13.0. The summed E-state index contributed by atoms with van der Waals surface area (Å²) in [4.78, 5) is 12.4. The number of carbonyl (C=O) groups excluding carboxylic acids is 1. The van der Waals surface area contributed by atoms with E-state index in [4.69, 9.17) is 0 Å². The Bertz CT molecular complexity index is 688. The number of ketones is 1. The lowest BCUT2D eigenvalue weighted by atomic mass is 10.1. The van der Waals surface area contributed by atoms with Crippen LogP contribution in [0.15, 0.2) is 71.3 Å². The van der Waals surface area contributed by atoms with E-state index in [1.807, 2.05) is 48.7 Å². The maximum atomic E-state index is 12.4. The molecule has 104 valence electrons. The van der Waals surface area contributed by atoms with Crippen LogP contribution in [-0.4, -0.2) is 12.0 Å². The molecule has 2 aromatic carbocycles. The van der Waals surface area contributed by atoms with Crippen molar-refractivity contribution < 1.29 is 4.79 Å². The Kier molecular flexibility index (Phi) is 5.19. The van der Waals surface area contributed by atoms with E-state index in [0.29, 0.717) is 10.6 Å². The molecule has 21 heavy (non-hydrogen) atoms. The first-order valence-corrected chi connectivity index (χ1v) is 7.59. The monoisotopic (exact) mass is 294 g/mol. The molecule has 0 aliphatic carbocycles. The predicted octanol–water partition coefficient (Wildman–Crippen LogP) is 4.08. The molecule has 0 aliphatic heterocycles. The van der Waals surface area contributed by atoms with E-state index in [9.17, 15) is 10.1 Å². The van der Waals surface area contributed by atoms with Gasteiger partial charge in [0.05, 0.1) is 5.03 Å². The Hall–Kier alpha value is -2.51. The molecule has 0 bridgehead atoms. The third-order valence-electron chi connectivity index (χ3n) is 2.84. The van der Waals surface area contributed by atoms with E-state index in [0.717, 1.165) is 5.69 Å². The van der Waals surface area contributed by atoms with Gasteiger partial charge in [-0.3, -0.25) is 4.79 Å². The molecular weight excluding hydrogens is 280 g/mol. The molecule has 0 atom stereocenters. The second kappa shape index (κ2) is 7.32. The Morgan fingerprint density at radius 1 is 1.05 bits per heavy atom.